The van der Waals surface area contributed by atoms with Gasteiger partial charge in [0, 0.05) is 6.04 Å². The largest absolute Gasteiger partial charge is 0.353 e. The number of nitrogens with one attached hydrogen (secondary N) is 1. The molecule has 0 bridgehead atoms. The van der Waals surface area contributed by atoms with E-state index >= 15 is 0 Å². The molecule has 1 aliphatic carbocycles. The molecule has 1 atom stereocenters. The molecule has 0 aromatic rings. The number of ketones is 1. The highest BCUT2D eigenvalue weighted by molar-refractivity contribution is 5.96. The Balaban J connectivity index is 2.27. The second kappa shape index (κ2) is 4.80. The molecule has 1 aliphatic rings. The molecule has 1 amide bonds. The Kier molecular flexibility index (Phi) is 3.68. The van der Waals surface area contributed by atoms with Crippen LogP contribution in [0.1, 0.15) is 32.6 Å². The zero-order valence-electron chi connectivity index (χ0n) is 7.88. The van der Waals surface area contributed by atoms with Crippen LogP contribution in [0.15, 0.2) is 12.2 Å². The number of carbonyl (C=O) groups is 2. The highest BCUT2D eigenvalue weighted by Gasteiger charge is 2.13. The molecular formula is C10H15NO2. The quantitative estimate of drug-likeness (QED) is 0.525. The number of allylic oxidation sites excluding steroid dienone is 1. The average Bonchev–Trinajstić information content (AvgIpc) is 2.04. The van der Waals surface area contributed by atoms with Crippen molar-refractivity contribution in [2.24, 2.45) is 0 Å². The standard InChI is InChI=1S/C10H15NO2/c1-8(12)7-10(13)11-9-5-3-2-4-6-9/h2-3,9H,4-7H2,1H3,(H,11,13). The second-order valence-corrected chi connectivity index (χ2v) is 3.43. The molecule has 13 heavy (non-hydrogen) atoms. The van der Waals surface area contributed by atoms with Gasteiger partial charge in [-0.3, -0.25) is 9.59 Å². The molecule has 0 saturated heterocycles. The molecule has 0 aromatic carbocycles. The third-order valence-corrected chi connectivity index (χ3v) is 2.04. The third-order valence-electron chi connectivity index (χ3n) is 2.04. The molecule has 0 aliphatic heterocycles. The fourth-order valence-electron chi connectivity index (χ4n) is 1.43. The number of hydrogen-bond acceptors (Lipinski definition) is 2. The van der Waals surface area contributed by atoms with Crippen LogP contribution < -0.4 is 5.32 Å². The van der Waals surface area contributed by atoms with Gasteiger partial charge in [-0.2, -0.15) is 0 Å². The van der Waals surface area contributed by atoms with Crippen LogP contribution >= 0.6 is 0 Å². The van der Waals surface area contributed by atoms with Gasteiger partial charge < -0.3 is 5.32 Å². The van der Waals surface area contributed by atoms with Gasteiger partial charge in [-0.15, -0.1) is 0 Å². The minimum atomic E-state index is -0.146. The van der Waals surface area contributed by atoms with E-state index < -0.39 is 0 Å². The average molecular weight is 181 g/mol. The van der Waals surface area contributed by atoms with Crippen LogP contribution in [0.4, 0.5) is 0 Å². The summed E-state index contributed by atoms with van der Waals surface area (Å²) in [6.45, 7) is 1.43. The van der Waals surface area contributed by atoms with E-state index in [1.165, 1.54) is 6.92 Å². The predicted octanol–water partition coefficient (Wildman–Crippen LogP) is 1.19. The minimum Gasteiger partial charge on any atom is -0.353 e. The van der Waals surface area contributed by atoms with Gasteiger partial charge in [0.2, 0.25) is 5.91 Å². The van der Waals surface area contributed by atoms with Gasteiger partial charge in [-0.1, -0.05) is 12.2 Å². The highest BCUT2D eigenvalue weighted by atomic mass is 16.2. The summed E-state index contributed by atoms with van der Waals surface area (Å²) >= 11 is 0. The van der Waals surface area contributed by atoms with E-state index in [1.807, 2.05) is 0 Å². The molecule has 0 aromatic heterocycles. The number of carbonyl (C=O) groups excluding carboxylic acids is 2. The second-order valence-electron chi connectivity index (χ2n) is 3.43. The monoisotopic (exact) mass is 181 g/mol. The fraction of sp³-hybridized carbons (Fsp3) is 0.600. The first-order valence-corrected chi connectivity index (χ1v) is 4.62. The predicted molar refractivity (Wildman–Crippen MR) is 50.2 cm³/mol. The summed E-state index contributed by atoms with van der Waals surface area (Å²) in [6.07, 6.45) is 7.10. The Labute approximate surface area is 78.2 Å². The fourth-order valence-corrected chi connectivity index (χ4v) is 1.43. The maximum absolute atomic E-state index is 11.2. The van der Waals surface area contributed by atoms with E-state index in [1.54, 1.807) is 0 Å². The molecule has 3 heteroatoms. The van der Waals surface area contributed by atoms with Crippen molar-refractivity contribution in [3.8, 4) is 0 Å². The molecule has 1 rings (SSSR count). The van der Waals surface area contributed by atoms with Crippen molar-refractivity contribution in [2.75, 3.05) is 0 Å². The van der Waals surface area contributed by atoms with Crippen molar-refractivity contribution in [1.82, 2.24) is 5.32 Å². The van der Waals surface area contributed by atoms with Gasteiger partial charge in [0.15, 0.2) is 0 Å². The van der Waals surface area contributed by atoms with Crippen LogP contribution in [0.2, 0.25) is 0 Å². The van der Waals surface area contributed by atoms with Crippen molar-refractivity contribution in [3.63, 3.8) is 0 Å². The smallest absolute Gasteiger partial charge is 0.227 e. The zero-order valence-corrected chi connectivity index (χ0v) is 7.88. The summed E-state index contributed by atoms with van der Waals surface area (Å²) in [6, 6.07) is 0.233. The van der Waals surface area contributed by atoms with Gasteiger partial charge >= 0.3 is 0 Å². The maximum atomic E-state index is 11.2. The Morgan fingerprint density at radius 1 is 1.46 bits per heavy atom. The Bertz CT molecular complexity index is 233. The van der Waals surface area contributed by atoms with Crippen LogP contribution in [0.5, 0.6) is 0 Å². The first-order chi connectivity index (χ1) is 6.18. The maximum Gasteiger partial charge on any atom is 0.227 e. The number of hydrogen-bond donors (Lipinski definition) is 1. The number of Topliss-reactive ketones (excluding diaryl/α,β-unsaturated/α-hetero) is 1. The first-order valence-electron chi connectivity index (χ1n) is 4.62. The Morgan fingerprint density at radius 2 is 2.23 bits per heavy atom. The summed E-state index contributed by atoms with van der Waals surface area (Å²) < 4.78 is 0. The van der Waals surface area contributed by atoms with E-state index in [4.69, 9.17) is 0 Å². The normalized spacial score (nSPS) is 21.2. The van der Waals surface area contributed by atoms with E-state index in [-0.39, 0.29) is 24.2 Å². The van der Waals surface area contributed by atoms with Crippen molar-refractivity contribution in [2.45, 2.75) is 38.6 Å². The first kappa shape index (κ1) is 9.96. The molecule has 1 N–H and O–H groups in total. The summed E-state index contributed by atoms with van der Waals surface area (Å²) in [7, 11) is 0. The third kappa shape index (κ3) is 3.87. The summed E-state index contributed by atoms with van der Waals surface area (Å²) in [5.41, 5.74) is 0. The lowest BCUT2D eigenvalue weighted by atomic mass is 10.0. The summed E-state index contributed by atoms with van der Waals surface area (Å²) in [5.74, 6) is -0.225. The van der Waals surface area contributed by atoms with Crippen LogP contribution in [-0.2, 0) is 9.59 Å². The van der Waals surface area contributed by atoms with Crippen LogP contribution in [0.3, 0.4) is 0 Å². The number of rotatable bonds is 3. The van der Waals surface area contributed by atoms with E-state index in [0.29, 0.717) is 0 Å². The Hall–Kier alpha value is -1.12. The minimum absolute atomic E-state index is 0.0141. The van der Waals surface area contributed by atoms with Crippen LogP contribution in [0, 0.1) is 0 Å². The van der Waals surface area contributed by atoms with Gasteiger partial charge in [0.1, 0.15) is 5.78 Å². The molecule has 1 unspecified atom stereocenters. The SMILES string of the molecule is CC(=O)CC(=O)NC1CC=CCC1. The Morgan fingerprint density at radius 3 is 2.77 bits per heavy atom. The van der Waals surface area contributed by atoms with Crippen LogP contribution in [-0.4, -0.2) is 17.7 Å². The van der Waals surface area contributed by atoms with Crippen molar-refractivity contribution < 1.29 is 9.59 Å². The van der Waals surface area contributed by atoms with Crippen molar-refractivity contribution >= 4 is 11.7 Å². The summed E-state index contributed by atoms with van der Waals surface area (Å²) in [5, 5.41) is 2.84. The molecule has 0 saturated carbocycles. The lowest BCUT2D eigenvalue weighted by molar-refractivity contribution is -0.127. The van der Waals surface area contributed by atoms with Gasteiger partial charge in [0.05, 0.1) is 6.42 Å². The van der Waals surface area contributed by atoms with E-state index in [2.05, 4.69) is 17.5 Å². The molecule has 0 spiro atoms. The lowest BCUT2D eigenvalue weighted by Crippen LogP contribution is -2.35. The highest BCUT2D eigenvalue weighted by Crippen LogP contribution is 2.10. The molecule has 72 valence electrons. The van der Waals surface area contributed by atoms with Crippen LogP contribution in [0.25, 0.3) is 0 Å². The van der Waals surface area contributed by atoms with E-state index in [9.17, 15) is 9.59 Å². The van der Waals surface area contributed by atoms with Gasteiger partial charge in [-0.25, -0.2) is 0 Å². The van der Waals surface area contributed by atoms with Gasteiger partial charge in [-0.05, 0) is 26.2 Å². The van der Waals surface area contributed by atoms with E-state index in [0.717, 1.165) is 19.3 Å². The molecular weight excluding hydrogens is 166 g/mol. The summed E-state index contributed by atoms with van der Waals surface area (Å²) in [4.78, 5) is 21.8. The zero-order chi connectivity index (χ0) is 9.68. The topological polar surface area (TPSA) is 46.2 Å². The molecule has 0 radical (unpaired) electrons. The number of amides is 1. The van der Waals surface area contributed by atoms with Crippen molar-refractivity contribution in [3.05, 3.63) is 12.2 Å². The molecule has 0 heterocycles. The van der Waals surface area contributed by atoms with Crippen molar-refractivity contribution in [1.29, 1.82) is 0 Å². The van der Waals surface area contributed by atoms with Gasteiger partial charge in [0.25, 0.3) is 0 Å². The molecule has 0 fully saturated rings. The lowest BCUT2D eigenvalue weighted by Gasteiger charge is -2.18. The molecule has 3 nitrogen and oxygen atoms in total.